The summed E-state index contributed by atoms with van der Waals surface area (Å²) < 4.78 is 64.9. The van der Waals surface area contributed by atoms with Crippen molar-refractivity contribution in [2.24, 2.45) is 0 Å². The van der Waals surface area contributed by atoms with Crippen LogP contribution in [0.3, 0.4) is 0 Å². The first kappa shape index (κ1) is 86.9. The van der Waals surface area contributed by atoms with Crippen molar-refractivity contribution < 1.29 is 117 Å². The summed E-state index contributed by atoms with van der Waals surface area (Å²) in [6, 6.07) is 0. The third kappa shape index (κ3) is 36.2. The number of aliphatic hydroxyl groups is 10. The van der Waals surface area contributed by atoms with Gasteiger partial charge in [-0.3, -0.25) is 23.4 Å². The van der Waals surface area contributed by atoms with Crippen LogP contribution in [0.1, 0.15) is 284 Å². The van der Waals surface area contributed by atoms with Crippen LogP contribution in [0.15, 0.2) is 12.2 Å². The number of aliphatic hydroxyl groups excluding tert-OH is 10. The Bertz CT molecular complexity index is 2020. The Balaban J connectivity index is 1.75. The number of hydrogen-bond acceptors (Lipinski definition) is 23. The minimum atomic E-state index is -5.69. The Morgan fingerprint density at radius 2 is 0.737 bits per heavy atom. The van der Waals surface area contributed by atoms with E-state index in [4.69, 9.17) is 42.2 Å². The predicted molar refractivity (Wildman–Crippen MR) is 356 cm³/mol. The molecule has 0 aromatic heterocycles. The first-order chi connectivity index (χ1) is 45.8. The molecular formula is C70H129O24P. The highest BCUT2D eigenvalue weighted by Crippen LogP contribution is 2.49. The maximum atomic E-state index is 14.3. The number of carbonyl (C=O) groups is 3. The monoisotopic (exact) mass is 1380 g/mol. The van der Waals surface area contributed by atoms with Gasteiger partial charge in [-0.25, -0.2) is 4.57 Å². The Labute approximate surface area is 567 Å². The molecule has 24 nitrogen and oxygen atoms in total. The van der Waals surface area contributed by atoms with Gasteiger partial charge in [-0.2, -0.15) is 0 Å². The van der Waals surface area contributed by atoms with E-state index in [0.29, 0.717) is 25.7 Å². The lowest BCUT2D eigenvalue weighted by Gasteiger charge is -2.49. The number of carbonyl (C=O) groups excluding carboxylic acids is 3. The SMILES string of the molecule is CCCCCCCCC/C=C\CCCCCC(=O)OC(COC(=O)CCCCCCCCCCCCCCCCC)COP(=O)(O)OC1C(OC2OC(CO)C(O)C(O)C2O)C(O)C(O)C(O)C1OC1OC(COC(=O)CCCCCCCCCCCCC)C(O)C(O)C1O. The number of ether oxygens (including phenoxy) is 7. The maximum absolute atomic E-state index is 14.3. The number of hydrogen-bond donors (Lipinski definition) is 11. The van der Waals surface area contributed by atoms with Gasteiger partial charge in [0.2, 0.25) is 0 Å². The number of unbranched alkanes of at least 4 members (excludes halogenated alkanes) is 34. The van der Waals surface area contributed by atoms with E-state index in [2.05, 4.69) is 32.9 Å². The molecule has 2 heterocycles. The lowest BCUT2D eigenvalue weighted by Crippen LogP contribution is -2.69. The second-order valence-electron chi connectivity index (χ2n) is 26.7. The van der Waals surface area contributed by atoms with E-state index in [1.54, 1.807) is 0 Å². The Hall–Kier alpha value is -2.30. The smallest absolute Gasteiger partial charge is 0.463 e. The fraction of sp³-hybridized carbons (Fsp3) is 0.929. The minimum Gasteiger partial charge on any atom is -0.463 e. The molecule has 0 bridgehead atoms. The molecule has 3 fully saturated rings. The van der Waals surface area contributed by atoms with E-state index in [9.17, 15) is 74.9 Å². The summed E-state index contributed by atoms with van der Waals surface area (Å²) in [5.41, 5.74) is 0. The van der Waals surface area contributed by atoms with Crippen molar-refractivity contribution in [2.45, 2.75) is 388 Å². The summed E-state index contributed by atoms with van der Waals surface area (Å²) in [5, 5.41) is 110. The third-order valence-corrected chi connectivity index (χ3v) is 19.3. The average Bonchev–Trinajstić information content (AvgIpc) is 0.764. The molecule has 0 amide bonds. The van der Waals surface area contributed by atoms with Crippen molar-refractivity contribution in [3.8, 4) is 0 Å². The highest BCUT2D eigenvalue weighted by molar-refractivity contribution is 7.47. The summed E-state index contributed by atoms with van der Waals surface area (Å²) in [4.78, 5) is 50.9. The lowest BCUT2D eigenvalue weighted by atomic mass is 9.84. The third-order valence-electron chi connectivity index (χ3n) is 18.3. The van der Waals surface area contributed by atoms with Gasteiger partial charge in [-0.1, -0.05) is 232 Å². The topological polar surface area (TPSA) is 374 Å². The summed E-state index contributed by atoms with van der Waals surface area (Å²) in [6.07, 6.45) is 10.1. The van der Waals surface area contributed by atoms with Gasteiger partial charge in [0.05, 0.1) is 13.2 Å². The Morgan fingerprint density at radius 1 is 0.400 bits per heavy atom. The normalized spacial score (nSPS) is 28.1. The largest absolute Gasteiger partial charge is 0.472 e. The predicted octanol–water partition coefficient (Wildman–Crippen LogP) is 9.57. The number of allylic oxidation sites excluding steroid dienone is 2. The fourth-order valence-corrected chi connectivity index (χ4v) is 13.2. The summed E-state index contributed by atoms with van der Waals surface area (Å²) in [6.45, 7) is 3.41. The van der Waals surface area contributed by atoms with Gasteiger partial charge < -0.3 is 89.1 Å². The van der Waals surface area contributed by atoms with Crippen LogP contribution in [-0.4, -0.2) is 204 Å². The van der Waals surface area contributed by atoms with E-state index in [1.807, 2.05) is 0 Å². The minimum absolute atomic E-state index is 0.0309. The fourth-order valence-electron chi connectivity index (χ4n) is 12.2. The second kappa shape index (κ2) is 52.6. The summed E-state index contributed by atoms with van der Waals surface area (Å²) in [5.74, 6) is -2.00. The zero-order valence-corrected chi connectivity index (χ0v) is 58.9. The van der Waals surface area contributed by atoms with Crippen LogP contribution in [0.25, 0.3) is 0 Å². The van der Waals surface area contributed by atoms with E-state index in [1.165, 1.54) is 135 Å². The van der Waals surface area contributed by atoms with Gasteiger partial charge in [0.25, 0.3) is 0 Å². The van der Waals surface area contributed by atoms with Gasteiger partial charge in [0.1, 0.15) is 98.7 Å². The molecule has 95 heavy (non-hydrogen) atoms. The number of esters is 3. The summed E-state index contributed by atoms with van der Waals surface area (Å²) in [7, 11) is -5.69. The Morgan fingerprint density at radius 3 is 1.15 bits per heavy atom. The number of phosphoric acid groups is 1. The van der Waals surface area contributed by atoms with Crippen molar-refractivity contribution in [3.05, 3.63) is 12.2 Å². The maximum Gasteiger partial charge on any atom is 0.472 e. The van der Waals surface area contributed by atoms with Crippen LogP contribution < -0.4 is 0 Å². The van der Waals surface area contributed by atoms with Crippen LogP contribution in [-0.2, 0) is 61.2 Å². The molecule has 2 saturated heterocycles. The molecule has 0 spiro atoms. The molecule has 11 N–H and O–H groups in total. The molecule has 25 heteroatoms. The first-order valence-electron chi connectivity index (χ1n) is 37.0. The van der Waals surface area contributed by atoms with Crippen molar-refractivity contribution in [1.29, 1.82) is 0 Å². The molecule has 0 aromatic carbocycles. The zero-order chi connectivity index (χ0) is 69.6. The second-order valence-corrected chi connectivity index (χ2v) is 28.1. The standard InChI is InChI=1S/C70H129O24P/c1-4-7-10-13-16-19-22-24-26-28-30-33-35-38-41-44-54(72)86-48-51(89-56(74)46-43-40-37-34-31-27-25-23-20-17-14-11-8-5-2)49-88-95(84,85)94-68-66(92-69-64(82)59(77)57(75)52(47-71)90-69)62(80)61(79)63(81)67(68)93-70-65(83)60(78)58(76)53(91-70)50-87-55(73)45-42-39-36-32-29-21-18-15-12-9-6-3/h27,31,51-53,57-71,75-83H,4-26,28-30,32-50H2,1-3H3,(H,84,85)/b31-27-. The van der Waals surface area contributed by atoms with E-state index in [0.717, 1.165) is 83.5 Å². The molecule has 558 valence electrons. The molecule has 3 rings (SSSR count). The van der Waals surface area contributed by atoms with Gasteiger partial charge in [-0.05, 0) is 44.9 Å². The first-order valence-corrected chi connectivity index (χ1v) is 38.5. The van der Waals surface area contributed by atoms with E-state index in [-0.39, 0.29) is 19.3 Å². The number of phosphoric ester groups is 1. The Kier molecular flexibility index (Phi) is 48.2. The number of rotatable bonds is 57. The molecule has 1 aliphatic carbocycles. The summed E-state index contributed by atoms with van der Waals surface area (Å²) >= 11 is 0. The molecular weight excluding hydrogens is 1260 g/mol. The molecule has 0 aromatic rings. The van der Waals surface area contributed by atoms with Gasteiger partial charge in [0, 0.05) is 19.3 Å². The zero-order valence-electron chi connectivity index (χ0n) is 58.0. The van der Waals surface area contributed by atoms with E-state index < -0.39 is 156 Å². The van der Waals surface area contributed by atoms with E-state index >= 15 is 0 Å². The van der Waals surface area contributed by atoms with Gasteiger partial charge >= 0.3 is 25.7 Å². The molecule has 18 atom stereocenters. The van der Waals surface area contributed by atoms with Crippen LogP contribution in [0, 0.1) is 0 Å². The molecule has 3 aliphatic rings. The van der Waals surface area contributed by atoms with Crippen molar-refractivity contribution in [2.75, 3.05) is 26.4 Å². The molecule has 0 radical (unpaired) electrons. The van der Waals surface area contributed by atoms with Crippen LogP contribution in [0.2, 0.25) is 0 Å². The highest BCUT2D eigenvalue weighted by atomic mass is 31.2. The van der Waals surface area contributed by atoms with Crippen molar-refractivity contribution in [3.63, 3.8) is 0 Å². The van der Waals surface area contributed by atoms with Crippen molar-refractivity contribution in [1.82, 2.24) is 0 Å². The van der Waals surface area contributed by atoms with Crippen LogP contribution in [0.4, 0.5) is 0 Å². The van der Waals surface area contributed by atoms with Crippen molar-refractivity contribution >= 4 is 25.7 Å². The van der Waals surface area contributed by atoms with Crippen LogP contribution >= 0.6 is 7.82 Å². The molecule has 1 saturated carbocycles. The lowest BCUT2D eigenvalue weighted by molar-refractivity contribution is -0.360. The van der Waals surface area contributed by atoms with Gasteiger partial charge in [0.15, 0.2) is 18.7 Å². The molecule has 18 unspecified atom stereocenters. The molecule has 2 aliphatic heterocycles. The highest BCUT2D eigenvalue weighted by Gasteiger charge is 2.58. The van der Waals surface area contributed by atoms with Crippen LogP contribution in [0.5, 0.6) is 0 Å². The average molecular weight is 1390 g/mol. The van der Waals surface area contributed by atoms with Gasteiger partial charge in [-0.15, -0.1) is 0 Å². The quantitative estimate of drug-likeness (QED) is 0.00887.